The first-order chi connectivity index (χ1) is 8.91. The SMILES string of the molecule is C[C@@H]1CCCN(S(=O)(=O)c2ccc(C(=O)Cl)cc2)C1. The van der Waals surface area contributed by atoms with Crippen molar-refractivity contribution in [2.45, 2.75) is 24.7 Å². The molecule has 0 saturated carbocycles. The summed E-state index contributed by atoms with van der Waals surface area (Å²) >= 11 is 5.34. The highest BCUT2D eigenvalue weighted by Gasteiger charge is 2.28. The van der Waals surface area contributed by atoms with E-state index in [9.17, 15) is 13.2 Å². The Hall–Kier alpha value is -0.910. The fourth-order valence-corrected chi connectivity index (χ4v) is 4.00. The third kappa shape index (κ3) is 3.16. The second-order valence-corrected chi connectivity index (χ2v) is 7.19. The van der Waals surface area contributed by atoms with E-state index < -0.39 is 15.3 Å². The van der Waals surface area contributed by atoms with Crippen molar-refractivity contribution >= 4 is 26.9 Å². The summed E-state index contributed by atoms with van der Waals surface area (Å²) in [4.78, 5) is 11.2. The van der Waals surface area contributed by atoms with Crippen molar-refractivity contribution in [2.24, 2.45) is 5.92 Å². The molecule has 1 aromatic carbocycles. The molecule has 104 valence electrons. The lowest BCUT2D eigenvalue weighted by Gasteiger charge is -2.30. The average Bonchev–Trinajstić information content (AvgIpc) is 2.39. The van der Waals surface area contributed by atoms with Gasteiger partial charge in [-0.25, -0.2) is 8.42 Å². The lowest BCUT2D eigenvalue weighted by atomic mass is 10.0. The Morgan fingerprint density at radius 3 is 2.47 bits per heavy atom. The van der Waals surface area contributed by atoms with E-state index in [2.05, 4.69) is 6.92 Å². The van der Waals surface area contributed by atoms with Gasteiger partial charge in [-0.15, -0.1) is 0 Å². The van der Waals surface area contributed by atoms with Crippen LogP contribution in [0.1, 0.15) is 30.1 Å². The molecule has 0 spiro atoms. The summed E-state index contributed by atoms with van der Waals surface area (Å²) < 4.78 is 26.4. The topological polar surface area (TPSA) is 54.5 Å². The monoisotopic (exact) mass is 301 g/mol. The molecule has 0 bridgehead atoms. The molecule has 0 N–H and O–H groups in total. The van der Waals surface area contributed by atoms with Gasteiger partial charge in [-0.1, -0.05) is 6.92 Å². The second-order valence-electron chi connectivity index (χ2n) is 4.91. The normalized spacial score (nSPS) is 21.3. The molecule has 0 aromatic heterocycles. The number of hydrogen-bond donors (Lipinski definition) is 0. The van der Waals surface area contributed by atoms with Gasteiger partial charge in [-0.05, 0) is 54.6 Å². The quantitative estimate of drug-likeness (QED) is 0.806. The number of halogens is 1. The highest BCUT2D eigenvalue weighted by atomic mass is 35.5. The van der Waals surface area contributed by atoms with Gasteiger partial charge >= 0.3 is 0 Å². The minimum absolute atomic E-state index is 0.211. The molecule has 1 aliphatic heterocycles. The molecule has 6 heteroatoms. The van der Waals surface area contributed by atoms with Crippen LogP contribution in [0, 0.1) is 5.92 Å². The van der Waals surface area contributed by atoms with Crippen molar-refractivity contribution < 1.29 is 13.2 Å². The van der Waals surface area contributed by atoms with Crippen LogP contribution in [0.5, 0.6) is 0 Å². The molecule has 0 radical (unpaired) electrons. The summed E-state index contributed by atoms with van der Waals surface area (Å²) in [5, 5.41) is -0.587. The third-order valence-electron chi connectivity index (χ3n) is 3.34. The minimum Gasteiger partial charge on any atom is -0.276 e. The van der Waals surface area contributed by atoms with E-state index in [0.29, 0.717) is 24.6 Å². The van der Waals surface area contributed by atoms with Crippen LogP contribution in [0.2, 0.25) is 0 Å². The van der Waals surface area contributed by atoms with Gasteiger partial charge in [0.2, 0.25) is 10.0 Å². The van der Waals surface area contributed by atoms with Crippen molar-refractivity contribution in [3.8, 4) is 0 Å². The lowest BCUT2D eigenvalue weighted by molar-refractivity contribution is 0.108. The van der Waals surface area contributed by atoms with E-state index in [4.69, 9.17) is 11.6 Å². The fourth-order valence-electron chi connectivity index (χ4n) is 2.27. The smallest absolute Gasteiger partial charge is 0.252 e. The summed E-state index contributed by atoms with van der Waals surface area (Å²) in [5.74, 6) is 0.382. The molecule has 1 heterocycles. The fraction of sp³-hybridized carbons (Fsp3) is 0.462. The molecule has 1 aliphatic rings. The minimum atomic E-state index is -3.46. The summed E-state index contributed by atoms with van der Waals surface area (Å²) in [6, 6.07) is 5.75. The summed E-state index contributed by atoms with van der Waals surface area (Å²) in [5.41, 5.74) is 0.299. The van der Waals surface area contributed by atoms with E-state index in [0.717, 1.165) is 12.8 Å². The first-order valence-electron chi connectivity index (χ1n) is 6.21. The van der Waals surface area contributed by atoms with Gasteiger partial charge in [-0.2, -0.15) is 4.31 Å². The number of nitrogens with zero attached hydrogens (tertiary/aromatic N) is 1. The van der Waals surface area contributed by atoms with Gasteiger partial charge < -0.3 is 0 Å². The molecule has 2 rings (SSSR count). The molecule has 1 atom stereocenters. The Morgan fingerprint density at radius 1 is 1.32 bits per heavy atom. The zero-order valence-electron chi connectivity index (χ0n) is 10.7. The van der Waals surface area contributed by atoms with E-state index in [-0.39, 0.29) is 4.90 Å². The second kappa shape index (κ2) is 5.61. The van der Waals surface area contributed by atoms with Gasteiger partial charge in [-0.3, -0.25) is 4.79 Å². The average molecular weight is 302 g/mol. The molecule has 1 fully saturated rings. The first kappa shape index (κ1) is 14.5. The zero-order chi connectivity index (χ0) is 14.0. The van der Waals surface area contributed by atoms with Crippen molar-refractivity contribution in [3.63, 3.8) is 0 Å². The lowest BCUT2D eigenvalue weighted by Crippen LogP contribution is -2.39. The van der Waals surface area contributed by atoms with Gasteiger partial charge in [0, 0.05) is 18.7 Å². The van der Waals surface area contributed by atoms with Crippen LogP contribution in [0.3, 0.4) is 0 Å². The predicted molar refractivity (Wildman–Crippen MR) is 73.8 cm³/mol. The Labute approximate surface area is 118 Å². The predicted octanol–water partition coefficient (Wildman–Crippen LogP) is 2.49. The molecule has 1 aromatic rings. The van der Waals surface area contributed by atoms with Crippen molar-refractivity contribution in [2.75, 3.05) is 13.1 Å². The largest absolute Gasteiger partial charge is 0.276 e. The molecule has 4 nitrogen and oxygen atoms in total. The Kier molecular flexibility index (Phi) is 4.28. The maximum absolute atomic E-state index is 12.4. The number of benzene rings is 1. The van der Waals surface area contributed by atoms with Crippen LogP contribution in [-0.2, 0) is 10.0 Å². The van der Waals surface area contributed by atoms with Crippen molar-refractivity contribution in [3.05, 3.63) is 29.8 Å². The molecule has 0 amide bonds. The van der Waals surface area contributed by atoms with Crippen LogP contribution < -0.4 is 0 Å². The van der Waals surface area contributed by atoms with Gasteiger partial charge in [0.05, 0.1) is 4.90 Å². The maximum atomic E-state index is 12.4. The van der Waals surface area contributed by atoms with Crippen LogP contribution >= 0.6 is 11.6 Å². The molecule has 19 heavy (non-hydrogen) atoms. The van der Waals surface area contributed by atoms with Crippen LogP contribution in [0.15, 0.2) is 29.2 Å². The number of piperidine rings is 1. The highest BCUT2D eigenvalue weighted by Crippen LogP contribution is 2.23. The number of sulfonamides is 1. The van der Waals surface area contributed by atoms with Gasteiger partial charge in [0.1, 0.15) is 0 Å². The molecule has 1 saturated heterocycles. The van der Waals surface area contributed by atoms with E-state index in [1.165, 1.54) is 28.6 Å². The molecular formula is C13H16ClNO3S. The van der Waals surface area contributed by atoms with E-state index >= 15 is 0 Å². The highest BCUT2D eigenvalue weighted by molar-refractivity contribution is 7.89. The number of carbonyl (C=O) groups is 1. The summed E-state index contributed by atoms with van der Waals surface area (Å²) in [7, 11) is -3.46. The van der Waals surface area contributed by atoms with E-state index in [1.54, 1.807) is 0 Å². The molecule has 0 aliphatic carbocycles. The molecular weight excluding hydrogens is 286 g/mol. The standard InChI is InChI=1S/C13H16ClNO3S/c1-10-3-2-8-15(9-10)19(17,18)12-6-4-11(5-7-12)13(14)16/h4-7,10H,2-3,8-9H2,1H3/t10-/m1/s1. The Bertz CT molecular complexity index is 568. The Morgan fingerprint density at radius 2 is 1.95 bits per heavy atom. The zero-order valence-corrected chi connectivity index (χ0v) is 12.2. The summed E-state index contributed by atoms with van der Waals surface area (Å²) in [6.45, 7) is 3.17. The third-order valence-corrected chi connectivity index (χ3v) is 5.44. The molecule has 0 unspecified atom stereocenters. The van der Waals surface area contributed by atoms with Gasteiger partial charge in [0.25, 0.3) is 5.24 Å². The summed E-state index contributed by atoms with van der Waals surface area (Å²) in [6.07, 6.45) is 1.95. The van der Waals surface area contributed by atoms with E-state index in [1.807, 2.05) is 0 Å². The number of rotatable bonds is 3. The maximum Gasteiger partial charge on any atom is 0.252 e. The van der Waals surface area contributed by atoms with Gasteiger partial charge in [0.15, 0.2) is 0 Å². The first-order valence-corrected chi connectivity index (χ1v) is 8.03. The van der Waals surface area contributed by atoms with Crippen LogP contribution in [0.25, 0.3) is 0 Å². The van der Waals surface area contributed by atoms with Crippen molar-refractivity contribution in [1.29, 1.82) is 0 Å². The van der Waals surface area contributed by atoms with Crippen LogP contribution in [0.4, 0.5) is 0 Å². The van der Waals surface area contributed by atoms with Crippen molar-refractivity contribution in [1.82, 2.24) is 4.31 Å². The number of hydrogen-bond acceptors (Lipinski definition) is 3. The number of carbonyl (C=O) groups excluding carboxylic acids is 1. The Balaban J connectivity index is 2.26. The van der Waals surface area contributed by atoms with Crippen LogP contribution in [-0.4, -0.2) is 31.1 Å².